The van der Waals surface area contributed by atoms with E-state index in [4.69, 9.17) is 5.73 Å². The molecule has 0 amide bonds. The van der Waals surface area contributed by atoms with Crippen LogP contribution in [-0.4, -0.2) is 23.2 Å². The molecule has 0 spiro atoms. The summed E-state index contributed by atoms with van der Waals surface area (Å²) in [5.74, 6) is -2.37. The first-order chi connectivity index (χ1) is 11.4. The maximum absolute atomic E-state index is 13.7. The summed E-state index contributed by atoms with van der Waals surface area (Å²) in [6, 6.07) is 2.37. The largest absolute Gasteiger partial charge is 0.453 e. The third kappa shape index (κ3) is 3.75. The Morgan fingerprint density at radius 2 is 1.88 bits per heavy atom. The molecule has 1 heterocycles. The smallest absolute Gasteiger partial charge is 0.368 e. The molecule has 0 aliphatic heterocycles. The van der Waals surface area contributed by atoms with Crippen LogP contribution in [0, 0.1) is 0 Å². The number of nitrogen functional groups attached to an aromatic ring is 1. The van der Waals surface area contributed by atoms with Crippen LogP contribution in [0.3, 0.4) is 0 Å². The summed E-state index contributed by atoms with van der Waals surface area (Å²) >= 11 is 0. The number of aromatic nitrogens is 3. The van der Waals surface area contributed by atoms with Crippen LogP contribution < -0.4 is 5.73 Å². The summed E-state index contributed by atoms with van der Waals surface area (Å²) in [6.45, 7) is 5.06. The lowest BCUT2D eigenvalue weighted by atomic mass is 9.98. The molecule has 0 saturated heterocycles. The zero-order valence-electron chi connectivity index (χ0n) is 13.6. The van der Waals surface area contributed by atoms with Crippen molar-refractivity contribution in [3.8, 4) is 5.69 Å². The molecule has 0 fully saturated rings. The molecule has 0 unspecified atom stereocenters. The van der Waals surface area contributed by atoms with E-state index in [1.165, 1.54) is 6.07 Å². The monoisotopic (exact) mass is 380 g/mol. The zero-order valence-corrected chi connectivity index (χ0v) is 14.4. The van der Waals surface area contributed by atoms with Gasteiger partial charge in [-0.25, -0.2) is 0 Å². The molecular weight excluding hydrogens is 364 g/mol. The Balaban J connectivity index is 2.80. The van der Waals surface area contributed by atoms with Gasteiger partial charge in [0.05, 0.1) is 5.69 Å². The van der Waals surface area contributed by atoms with Gasteiger partial charge in [-0.2, -0.15) is 31.3 Å². The fraction of sp³-hybridized carbons (Fsp3) is 0.429. The molecule has 2 aromatic rings. The highest BCUT2D eigenvalue weighted by atomic mass is 32.3. The molecule has 25 heavy (non-hydrogen) atoms. The van der Waals surface area contributed by atoms with Gasteiger partial charge in [-0.05, 0) is 29.5 Å². The molecule has 1 aromatic carbocycles. The van der Waals surface area contributed by atoms with Crippen molar-refractivity contribution in [3.63, 3.8) is 0 Å². The van der Waals surface area contributed by atoms with E-state index in [1.807, 2.05) is 0 Å². The quantitative estimate of drug-likeness (QED) is 0.650. The van der Waals surface area contributed by atoms with Crippen molar-refractivity contribution in [1.29, 1.82) is 0 Å². The van der Waals surface area contributed by atoms with E-state index >= 15 is 0 Å². The number of benzene rings is 1. The summed E-state index contributed by atoms with van der Waals surface area (Å²) in [6.07, 6.45) is -4.49. The van der Waals surface area contributed by atoms with Gasteiger partial charge >= 0.3 is 16.4 Å². The third-order valence-electron chi connectivity index (χ3n) is 3.59. The summed E-state index contributed by atoms with van der Waals surface area (Å²) in [4.78, 5) is 2.52. The van der Waals surface area contributed by atoms with Crippen LogP contribution in [0.4, 0.5) is 23.0 Å². The van der Waals surface area contributed by atoms with E-state index in [0.717, 1.165) is 6.07 Å². The predicted octanol–water partition coefficient (Wildman–Crippen LogP) is 3.21. The minimum Gasteiger partial charge on any atom is -0.368 e. The van der Waals surface area contributed by atoms with Crippen LogP contribution >= 0.6 is 0 Å². The van der Waals surface area contributed by atoms with E-state index < -0.39 is 33.1 Å². The second-order valence-electron chi connectivity index (χ2n) is 5.67. The van der Waals surface area contributed by atoms with Crippen LogP contribution in [0.25, 0.3) is 5.69 Å². The predicted molar refractivity (Wildman–Crippen MR) is 82.5 cm³/mol. The number of rotatable bonds is 4. The normalized spacial score (nSPS) is 12.8. The van der Waals surface area contributed by atoms with Crippen molar-refractivity contribution in [1.82, 2.24) is 14.8 Å². The second kappa shape index (κ2) is 6.28. The molecule has 6 nitrogen and oxygen atoms in total. The first-order valence-electron chi connectivity index (χ1n) is 7.27. The van der Waals surface area contributed by atoms with E-state index in [1.54, 1.807) is 20.8 Å². The van der Waals surface area contributed by atoms with Gasteiger partial charge in [0.25, 0.3) is 5.82 Å². The summed E-state index contributed by atoms with van der Waals surface area (Å²) in [7, 11) is -5.09. The van der Waals surface area contributed by atoms with Gasteiger partial charge in [0.1, 0.15) is 4.90 Å². The Morgan fingerprint density at radius 1 is 1.28 bits per heavy atom. The fourth-order valence-corrected chi connectivity index (χ4v) is 3.23. The lowest BCUT2D eigenvalue weighted by Gasteiger charge is -2.16. The molecular formula is C14H16F4N4O2S. The molecule has 2 N–H and O–H groups in total. The highest BCUT2D eigenvalue weighted by molar-refractivity contribution is 7.86. The maximum Gasteiger partial charge on any atom is 0.453 e. The number of nitrogens with zero attached hydrogens (tertiary/aromatic N) is 3. The number of anilines is 1. The van der Waals surface area contributed by atoms with Crippen LogP contribution in [0.15, 0.2) is 17.0 Å². The summed E-state index contributed by atoms with van der Waals surface area (Å²) < 4.78 is 75.6. The number of aryl methyl sites for hydroxylation is 1. The first kappa shape index (κ1) is 19.2. The fourth-order valence-electron chi connectivity index (χ4n) is 2.40. The average molecular weight is 380 g/mol. The highest BCUT2D eigenvalue weighted by Gasteiger charge is 2.37. The molecule has 0 aliphatic carbocycles. The van der Waals surface area contributed by atoms with Crippen LogP contribution in [0.2, 0.25) is 0 Å². The molecule has 0 bridgehead atoms. The number of hydrogen-bond donors (Lipinski definition) is 1. The maximum atomic E-state index is 13.7. The van der Waals surface area contributed by atoms with Gasteiger partial charge in [0.2, 0.25) is 5.95 Å². The van der Waals surface area contributed by atoms with Crippen LogP contribution in [-0.2, 0) is 22.8 Å². The first-order valence-corrected chi connectivity index (χ1v) is 8.66. The Morgan fingerprint density at radius 3 is 2.28 bits per heavy atom. The van der Waals surface area contributed by atoms with Gasteiger partial charge in [0, 0.05) is 0 Å². The average Bonchev–Trinajstić information content (AvgIpc) is 2.86. The van der Waals surface area contributed by atoms with E-state index in [9.17, 15) is 25.5 Å². The Kier molecular flexibility index (Phi) is 4.81. The van der Waals surface area contributed by atoms with Crippen molar-refractivity contribution >= 4 is 16.2 Å². The number of halogens is 4. The topological polar surface area (TPSA) is 90.9 Å². The van der Waals surface area contributed by atoms with Crippen molar-refractivity contribution in [2.75, 3.05) is 5.73 Å². The van der Waals surface area contributed by atoms with Crippen molar-refractivity contribution in [3.05, 3.63) is 29.1 Å². The van der Waals surface area contributed by atoms with E-state index in [-0.39, 0.29) is 17.2 Å². The molecule has 138 valence electrons. The summed E-state index contributed by atoms with van der Waals surface area (Å²) in [5.41, 5.74) is 6.11. The Labute approximate surface area is 141 Å². The Bertz CT molecular complexity index is 904. The van der Waals surface area contributed by atoms with Crippen molar-refractivity contribution < 1.29 is 25.5 Å². The number of nitrogens with two attached hydrogens (primary N) is 1. The van der Waals surface area contributed by atoms with Gasteiger partial charge in [-0.15, -0.1) is 8.98 Å². The minimum atomic E-state index is -5.09. The van der Waals surface area contributed by atoms with Crippen molar-refractivity contribution in [2.24, 2.45) is 0 Å². The SMILES string of the molecule is CCc1cc(C(C)C)c(S(=O)(=O)F)cc1-n1nc(C(F)(F)F)nc1N. The minimum absolute atomic E-state index is 0.0661. The van der Waals surface area contributed by atoms with Crippen LogP contribution in [0.5, 0.6) is 0 Å². The molecule has 0 atom stereocenters. The van der Waals surface area contributed by atoms with Gasteiger partial charge in [-0.3, -0.25) is 0 Å². The molecule has 0 aliphatic rings. The van der Waals surface area contributed by atoms with Crippen LogP contribution in [0.1, 0.15) is 43.6 Å². The van der Waals surface area contributed by atoms with E-state index in [0.29, 0.717) is 16.7 Å². The number of hydrogen-bond acceptors (Lipinski definition) is 5. The zero-order chi connectivity index (χ0) is 19.2. The number of alkyl halides is 3. The van der Waals surface area contributed by atoms with Gasteiger partial charge < -0.3 is 5.73 Å². The lowest BCUT2D eigenvalue weighted by Crippen LogP contribution is -2.11. The van der Waals surface area contributed by atoms with Gasteiger partial charge in [0.15, 0.2) is 0 Å². The Hall–Kier alpha value is -2.17. The molecule has 0 radical (unpaired) electrons. The molecule has 2 rings (SSSR count). The summed E-state index contributed by atoms with van der Waals surface area (Å²) in [5, 5.41) is 3.30. The second-order valence-corrected chi connectivity index (χ2v) is 6.98. The van der Waals surface area contributed by atoms with Gasteiger partial charge in [-0.1, -0.05) is 26.8 Å². The highest BCUT2D eigenvalue weighted by Crippen LogP contribution is 2.33. The van der Waals surface area contributed by atoms with E-state index in [2.05, 4.69) is 10.1 Å². The lowest BCUT2D eigenvalue weighted by molar-refractivity contribution is -0.144. The molecule has 1 aromatic heterocycles. The standard InChI is InChI=1S/C14H16F4N4O2S/c1-4-8-5-9(7(2)3)11(25(18,23)24)6-10(8)22-13(19)20-12(21-22)14(15,16)17/h5-7H,4H2,1-3H3,(H2,19,20,21). The van der Waals surface area contributed by atoms with Crippen molar-refractivity contribution in [2.45, 2.75) is 44.2 Å². The third-order valence-corrected chi connectivity index (χ3v) is 4.47. The molecule has 0 saturated carbocycles. The molecule has 11 heteroatoms.